The largest absolute Gasteiger partial charge is 0.497 e. The molecule has 0 radical (unpaired) electrons. The van der Waals surface area contributed by atoms with Gasteiger partial charge in [0.1, 0.15) is 23.1 Å². The number of nitrogens with one attached hydrogen (secondary N) is 1. The van der Waals surface area contributed by atoms with Gasteiger partial charge in [-0.05, 0) is 50.1 Å². The highest BCUT2D eigenvalue weighted by Gasteiger charge is 2.20. The fourth-order valence-electron chi connectivity index (χ4n) is 3.53. The zero-order chi connectivity index (χ0) is 23.6. The van der Waals surface area contributed by atoms with E-state index in [1.54, 1.807) is 25.6 Å². The van der Waals surface area contributed by atoms with Crippen LogP contribution in [0.15, 0.2) is 35.7 Å². The first-order valence-corrected chi connectivity index (χ1v) is 12.1. The summed E-state index contributed by atoms with van der Waals surface area (Å²) in [6, 6.07) is 9.44. The molecule has 1 amide bonds. The minimum absolute atomic E-state index is 0.0361. The number of carbonyl (C=O) groups excluding carboxylic acids is 1. The molecule has 2 heterocycles. The van der Waals surface area contributed by atoms with E-state index >= 15 is 0 Å². The lowest BCUT2D eigenvalue weighted by Crippen LogP contribution is -2.24. The van der Waals surface area contributed by atoms with Crippen LogP contribution in [0.3, 0.4) is 0 Å². The monoisotopic (exact) mass is 471 g/mol. The quantitative estimate of drug-likeness (QED) is 0.352. The third-order valence-corrected chi connectivity index (χ3v) is 6.22. The molecule has 3 rings (SSSR count). The van der Waals surface area contributed by atoms with Crippen LogP contribution in [0.2, 0.25) is 0 Å². The predicted octanol–water partition coefficient (Wildman–Crippen LogP) is 5.07. The fourth-order valence-corrected chi connectivity index (χ4v) is 4.23. The van der Waals surface area contributed by atoms with Crippen LogP contribution in [-0.4, -0.2) is 42.8 Å². The van der Waals surface area contributed by atoms with Crippen molar-refractivity contribution in [2.45, 2.75) is 46.3 Å². The molecule has 33 heavy (non-hydrogen) atoms. The molecule has 1 aromatic carbocycles. The van der Waals surface area contributed by atoms with E-state index in [0.29, 0.717) is 25.3 Å². The summed E-state index contributed by atoms with van der Waals surface area (Å²) in [4.78, 5) is 17.6. The van der Waals surface area contributed by atoms with Crippen molar-refractivity contribution < 1.29 is 19.0 Å². The van der Waals surface area contributed by atoms with E-state index in [-0.39, 0.29) is 5.91 Å². The van der Waals surface area contributed by atoms with E-state index < -0.39 is 0 Å². The Morgan fingerprint density at radius 3 is 2.61 bits per heavy atom. The highest BCUT2D eigenvalue weighted by atomic mass is 32.1. The number of nitrogens with zero attached hydrogens (tertiary/aromatic N) is 2. The molecule has 0 saturated heterocycles. The van der Waals surface area contributed by atoms with Crippen molar-refractivity contribution in [1.29, 1.82) is 0 Å². The standard InChI is InChI=1S/C25H33N3O4S/c1-5-6-12-26-25(29)21-15-23(28(18(21)2)13-7-14-30-3)22-17-33-24(27-22)16-32-20-10-8-19(31-4)9-11-20/h8-11,15,17H,5-7,12-14,16H2,1-4H3,(H,26,29). The summed E-state index contributed by atoms with van der Waals surface area (Å²) < 4.78 is 18.5. The van der Waals surface area contributed by atoms with Crippen LogP contribution in [0.1, 0.15) is 47.2 Å². The first-order chi connectivity index (χ1) is 16.1. The first kappa shape index (κ1) is 24.8. The number of ether oxygens (including phenoxy) is 3. The molecule has 7 nitrogen and oxygen atoms in total. The average Bonchev–Trinajstić information content (AvgIpc) is 3.43. The molecule has 0 saturated carbocycles. The molecular formula is C25H33N3O4S. The van der Waals surface area contributed by atoms with Crippen LogP contribution in [0.5, 0.6) is 11.5 Å². The smallest absolute Gasteiger partial charge is 0.253 e. The molecule has 178 valence electrons. The van der Waals surface area contributed by atoms with Crippen LogP contribution in [0.4, 0.5) is 0 Å². The summed E-state index contributed by atoms with van der Waals surface area (Å²) >= 11 is 1.55. The van der Waals surface area contributed by atoms with Gasteiger partial charge in [0.2, 0.25) is 0 Å². The Kier molecular flexibility index (Phi) is 9.33. The molecule has 8 heteroatoms. The minimum atomic E-state index is -0.0361. The molecular weight excluding hydrogens is 438 g/mol. The second-order valence-corrected chi connectivity index (χ2v) is 8.67. The number of carbonyl (C=O) groups is 1. The topological polar surface area (TPSA) is 74.6 Å². The zero-order valence-corrected chi connectivity index (χ0v) is 20.7. The van der Waals surface area contributed by atoms with Crippen LogP contribution in [0.25, 0.3) is 11.4 Å². The summed E-state index contributed by atoms with van der Waals surface area (Å²) in [6.07, 6.45) is 2.87. The van der Waals surface area contributed by atoms with Crippen LogP contribution in [0, 0.1) is 6.92 Å². The van der Waals surface area contributed by atoms with Crippen molar-refractivity contribution >= 4 is 17.2 Å². The number of unbranched alkanes of at least 4 members (excludes halogenated alkanes) is 1. The predicted molar refractivity (Wildman–Crippen MR) is 131 cm³/mol. The van der Waals surface area contributed by atoms with E-state index in [1.165, 1.54) is 0 Å². The van der Waals surface area contributed by atoms with Crippen molar-refractivity contribution in [3.05, 3.63) is 52.0 Å². The number of rotatable bonds is 13. The highest BCUT2D eigenvalue weighted by Crippen LogP contribution is 2.28. The Hall–Kier alpha value is -2.84. The zero-order valence-electron chi connectivity index (χ0n) is 19.8. The molecule has 2 aromatic heterocycles. The van der Waals surface area contributed by atoms with Crippen LogP contribution in [-0.2, 0) is 17.9 Å². The molecule has 0 aliphatic rings. The summed E-state index contributed by atoms with van der Waals surface area (Å²) in [7, 11) is 3.34. The third-order valence-electron chi connectivity index (χ3n) is 5.39. The Morgan fingerprint density at radius 1 is 1.15 bits per heavy atom. The molecule has 0 unspecified atom stereocenters. The second-order valence-electron chi connectivity index (χ2n) is 7.73. The van der Waals surface area contributed by atoms with Gasteiger partial charge in [-0.25, -0.2) is 4.98 Å². The van der Waals surface area contributed by atoms with Crippen molar-refractivity contribution in [3.63, 3.8) is 0 Å². The number of thiazole rings is 1. The SMILES string of the molecule is CCCCNC(=O)c1cc(-c2csc(COc3ccc(OC)cc3)n2)n(CCCOC)c1C. The van der Waals surface area contributed by atoms with Gasteiger partial charge < -0.3 is 24.1 Å². The van der Waals surface area contributed by atoms with Crippen molar-refractivity contribution in [2.75, 3.05) is 27.4 Å². The van der Waals surface area contributed by atoms with E-state index in [0.717, 1.165) is 59.4 Å². The normalized spacial score (nSPS) is 10.9. The number of amides is 1. The van der Waals surface area contributed by atoms with E-state index in [2.05, 4.69) is 16.8 Å². The van der Waals surface area contributed by atoms with E-state index in [4.69, 9.17) is 19.2 Å². The Morgan fingerprint density at radius 2 is 1.91 bits per heavy atom. The van der Waals surface area contributed by atoms with Gasteiger partial charge in [0, 0.05) is 37.9 Å². The molecule has 0 bridgehead atoms. The van der Waals surface area contributed by atoms with Crippen LogP contribution >= 0.6 is 11.3 Å². The van der Waals surface area contributed by atoms with Crippen LogP contribution < -0.4 is 14.8 Å². The molecule has 0 fully saturated rings. The van der Waals surface area contributed by atoms with Gasteiger partial charge in [-0.3, -0.25) is 4.79 Å². The van der Waals surface area contributed by atoms with Gasteiger partial charge in [-0.2, -0.15) is 0 Å². The highest BCUT2D eigenvalue weighted by molar-refractivity contribution is 7.09. The van der Waals surface area contributed by atoms with Crippen molar-refractivity contribution in [2.24, 2.45) is 0 Å². The Balaban J connectivity index is 1.77. The lowest BCUT2D eigenvalue weighted by Gasteiger charge is -2.11. The average molecular weight is 472 g/mol. The molecule has 1 N–H and O–H groups in total. The molecule has 3 aromatic rings. The fraction of sp³-hybridized carbons (Fsp3) is 0.440. The summed E-state index contributed by atoms with van der Waals surface area (Å²) in [6.45, 7) is 6.58. The van der Waals surface area contributed by atoms with Gasteiger partial charge >= 0.3 is 0 Å². The molecule has 0 atom stereocenters. The van der Waals surface area contributed by atoms with Crippen molar-refractivity contribution in [1.82, 2.24) is 14.9 Å². The van der Waals surface area contributed by atoms with Crippen molar-refractivity contribution in [3.8, 4) is 22.9 Å². The van der Waals surface area contributed by atoms with Gasteiger partial charge in [-0.1, -0.05) is 13.3 Å². The van der Waals surface area contributed by atoms with Gasteiger partial charge in [0.25, 0.3) is 5.91 Å². The number of hydrogen-bond acceptors (Lipinski definition) is 6. The minimum Gasteiger partial charge on any atom is -0.497 e. The summed E-state index contributed by atoms with van der Waals surface area (Å²) in [5.74, 6) is 1.52. The molecule has 0 spiro atoms. The maximum Gasteiger partial charge on any atom is 0.253 e. The summed E-state index contributed by atoms with van der Waals surface area (Å²) in [5.41, 5.74) is 3.43. The van der Waals surface area contributed by atoms with Gasteiger partial charge in [-0.15, -0.1) is 11.3 Å². The van der Waals surface area contributed by atoms with Gasteiger partial charge in [0.05, 0.1) is 24.1 Å². The van der Waals surface area contributed by atoms with Gasteiger partial charge in [0.15, 0.2) is 0 Å². The third kappa shape index (κ3) is 6.58. The Labute approximate surface area is 199 Å². The number of aromatic nitrogens is 2. The number of methoxy groups -OCH3 is 2. The number of benzene rings is 1. The Bertz CT molecular complexity index is 1030. The van der Waals surface area contributed by atoms with E-state index in [1.807, 2.05) is 42.6 Å². The lowest BCUT2D eigenvalue weighted by molar-refractivity contribution is 0.0952. The maximum absolute atomic E-state index is 12.8. The van der Waals surface area contributed by atoms with E-state index in [9.17, 15) is 4.79 Å². The number of hydrogen-bond donors (Lipinski definition) is 1. The second kappa shape index (κ2) is 12.4. The molecule has 0 aliphatic heterocycles. The lowest BCUT2D eigenvalue weighted by atomic mass is 10.2. The first-order valence-electron chi connectivity index (χ1n) is 11.3. The summed E-state index contributed by atoms with van der Waals surface area (Å²) in [5, 5.41) is 5.92. The maximum atomic E-state index is 12.8. The molecule has 0 aliphatic carbocycles.